The summed E-state index contributed by atoms with van der Waals surface area (Å²) in [6.45, 7) is 4.66. The number of benzene rings is 7. The van der Waals surface area contributed by atoms with Gasteiger partial charge in [0.05, 0.1) is 10.2 Å². The molecule has 0 atom stereocenters. The first-order valence-corrected chi connectivity index (χ1v) is 17.9. The fourth-order valence-electron chi connectivity index (χ4n) is 7.81. The molecule has 0 saturated heterocycles. The van der Waals surface area contributed by atoms with E-state index in [1.54, 1.807) is 11.3 Å². The molecule has 0 aliphatic heterocycles. The van der Waals surface area contributed by atoms with Crippen molar-refractivity contribution in [2.75, 3.05) is 4.90 Å². The van der Waals surface area contributed by atoms with Crippen LogP contribution in [0.3, 0.4) is 0 Å². The molecule has 0 fully saturated rings. The van der Waals surface area contributed by atoms with E-state index in [9.17, 15) is 0 Å². The van der Waals surface area contributed by atoms with E-state index >= 15 is 0 Å². The number of furan rings is 1. The summed E-state index contributed by atoms with van der Waals surface area (Å²) < 4.78 is 7.76. The standard InChI is InChI=1S/C46H32N2OS/c1-46(2)39-19-10-9-16-35(39)37-26-33(24-25-40(37)46)48(31-14-7-4-8-15-31)32-22-20-29(21-23-32)34-17-11-18-36-38-27-41-43(28-42(38)49-44(34)36)50-45(47-41)30-12-5-3-6-13-30/h3-28H,1-2H3. The average molecular weight is 661 g/mol. The molecule has 1 aliphatic carbocycles. The Morgan fingerprint density at radius 1 is 0.540 bits per heavy atom. The minimum atomic E-state index is -0.0292. The van der Waals surface area contributed by atoms with Gasteiger partial charge in [0.1, 0.15) is 16.2 Å². The van der Waals surface area contributed by atoms with Gasteiger partial charge in [-0.05, 0) is 70.3 Å². The van der Waals surface area contributed by atoms with Gasteiger partial charge >= 0.3 is 0 Å². The number of fused-ring (bicyclic) bond motifs is 7. The number of hydrogen-bond donors (Lipinski definition) is 0. The second-order valence-electron chi connectivity index (χ2n) is 13.6. The Labute approximate surface area is 294 Å². The van der Waals surface area contributed by atoms with E-state index in [2.05, 4.69) is 170 Å². The lowest BCUT2D eigenvalue weighted by Crippen LogP contribution is -2.15. The van der Waals surface area contributed by atoms with Crippen molar-refractivity contribution in [2.45, 2.75) is 19.3 Å². The molecule has 10 rings (SSSR count). The SMILES string of the molecule is CC1(C)c2ccccc2-c2cc(N(c3ccccc3)c3ccc(-c4cccc5c4oc4cc6sc(-c7ccccc7)nc6cc45)cc3)ccc21. The van der Waals surface area contributed by atoms with Crippen LogP contribution < -0.4 is 4.90 Å². The highest BCUT2D eigenvalue weighted by atomic mass is 32.1. The molecular formula is C46H32N2OS. The first-order chi connectivity index (χ1) is 24.5. The number of rotatable bonds is 5. The van der Waals surface area contributed by atoms with Crippen molar-refractivity contribution in [3.63, 3.8) is 0 Å². The van der Waals surface area contributed by atoms with Gasteiger partial charge in [-0.15, -0.1) is 11.3 Å². The topological polar surface area (TPSA) is 29.3 Å². The average Bonchev–Trinajstić information content (AvgIpc) is 3.82. The second-order valence-corrected chi connectivity index (χ2v) is 14.6. The number of hydrogen-bond acceptors (Lipinski definition) is 4. The van der Waals surface area contributed by atoms with Crippen LogP contribution in [0.5, 0.6) is 0 Å². The van der Waals surface area contributed by atoms with Gasteiger partial charge < -0.3 is 9.32 Å². The van der Waals surface area contributed by atoms with Gasteiger partial charge in [0.15, 0.2) is 0 Å². The van der Waals surface area contributed by atoms with Crippen molar-refractivity contribution in [3.05, 3.63) is 169 Å². The quantitative estimate of drug-likeness (QED) is 0.184. The Kier molecular flexibility index (Phi) is 6.39. The summed E-state index contributed by atoms with van der Waals surface area (Å²) in [6, 6.07) is 56.4. The summed E-state index contributed by atoms with van der Waals surface area (Å²) in [6.07, 6.45) is 0. The summed E-state index contributed by atoms with van der Waals surface area (Å²) >= 11 is 1.70. The maximum absolute atomic E-state index is 6.63. The molecule has 2 aromatic heterocycles. The van der Waals surface area contributed by atoms with E-state index in [1.807, 2.05) is 6.07 Å². The summed E-state index contributed by atoms with van der Waals surface area (Å²) in [5, 5.41) is 3.22. The smallest absolute Gasteiger partial charge is 0.143 e. The molecule has 2 heterocycles. The van der Waals surface area contributed by atoms with Crippen molar-refractivity contribution in [2.24, 2.45) is 0 Å². The molecule has 0 spiro atoms. The molecule has 1 aliphatic rings. The van der Waals surface area contributed by atoms with Crippen LogP contribution in [0.15, 0.2) is 162 Å². The molecule has 50 heavy (non-hydrogen) atoms. The van der Waals surface area contributed by atoms with Crippen molar-refractivity contribution in [1.29, 1.82) is 0 Å². The van der Waals surface area contributed by atoms with Gasteiger partial charge in [0.2, 0.25) is 0 Å². The van der Waals surface area contributed by atoms with E-state index in [0.717, 1.165) is 70.9 Å². The van der Waals surface area contributed by atoms with E-state index in [1.165, 1.54) is 22.3 Å². The lowest BCUT2D eigenvalue weighted by atomic mass is 9.82. The molecule has 0 saturated carbocycles. The molecule has 238 valence electrons. The van der Waals surface area contributed by atoms with Crippen molar-refractivity contribution >= 4 is 60.6 Å². The zero-order valence-corrected chi connectivity index (χ0v) is 28.5. The summed E-state index contributed by atoms with van der Waals surface area (Å²) in [4.78, 5) is 7.34. The minimum Gasteiger partial charge on any atom is -0.455 e. The monoisotopic (exact) mass is 660 g/mol. The molecule has 0 radical (unpaired) electrons. The van der Waals surface area contributed by atoms with Gasteiger partial charge in [0.25, 0.3) is 0 Å². The molecule has 0 unspecified atom stereocenters. The summed E-state index contributed by atoms with van der Waals surface area (Å²) in [7, 11) is 0. The van der Waals surface area contributed by atoms with Crippen LogP contribution >= 0.6 is 11.3 Å². The fraction of sp³-hybridized carbons (Fsp3) is 0.0652. The van der Waals surface area contributed by atoms with Crippen molar-refractivity contribution < 1.29 is 4.42 Å². The van der Waals surface area contributed by atoms with Gasteiger partial charge in [-0.1, -0.05) is 123 Å². The Balaban J connectivity index is 1.05. The molecule has 3 nitrogen and oxygen atoms in total. The summed E-state index contributed by atoms with van der Waals surface area (Å²) in [5.41, 5.74) is 14.8. The number of anilines is 3. The molecule has 4 heteroatoms. The lowest BCUT2D eigenvalue weighted by Gasteiger charge is -2.27. The van der Waals surface area contributed by atoms with E-state index < -0.39 is 0 Å². The van der Waals surface area contributed by atoms with E-state index in [4.69, 9.17) is 9.40 Å². The predicted octanol–water partition coefficient (Wildman–Crippen LogP) is 13.3. The van der Waals surface area contributed by atoms with Crippen LogP contribution in [-0.4, -0.2) is 4.98 Å². The van der Waals surface area contributed by atoms with Crippen LogP contribution in [0.2, 0.25) is 0 Å². The summed E-state index contributed by atoms with van der Waals surface area (Å²) in [5.74, 6) is 0. The Morgan fingerprint density at radius 2 is 1.22 bits per heavy atom. The normalized spacial score (nSPS) is 13.2. The third-order valence-corrected chi connectivity index (χ3v) is 11.4. The second kappa shape index (κ2) is 11.0. The largest absolute Gasteiger partial charge is 0.455 e. The maximum Gasteiger partial charge on any atom is 0.143 e. The first-order valence-electron chi connectivity index (χ1n) is 17.0. The maximum atomic E-state index is 6.63. The highest BCUT2D eigenvalue weighted by Crippen LogP contribution is 2.50. The van der Waals surface area contributed by atoms with Crippen LogP contribution in [0.4, 0.5) is 17.1 Å². The number of thiazole rings is 1. The van der Waals surface area contributed by atoms with Crippen LogP contribution in [0.25, 0.3) is 65.0 Å². The van der Waals surface area contributed by atoms with Crippen LogP contribution in [0, 0.1) is 0 Å². The third kappa shape index (κ3) is 4.45. The zero-order chi connectivity index (χ0) is 33.4. The Bertz CT molecular complexity index is 2720. The van der Waals surface area contributed by atoms with Gasteiger partial charge in [-0.2, -0.15) is 0 Å². The van der Waals surface area contributed by atoms with Crippen LogP contribution in [0.1, 0.15) is 25.0 Å². The minimum absolute atomic E-state index is 0.0292. The molecule has 7 aromatic carbocycles. The number of aromatic nitrogens is 1. The lowest BCUT2D eigenvalue weighted by molar-refractivity contribution is 0.660. The van der Waals surface area contributed by atoms with E-state index in [0.29, 0.717) is 0 Å². The number of para-hydroxylation sites is 2. The van der Waals surface area contributed by atoms with Crippen LogP contribution in [-0.2, 0) is 5.41 Å². The highest BCUT2D eigenvalue weighted by Gasteiger charge is 2.35. The van der Waals surface area contributed by atoms with Gasteiger partial charge in [-0.3, -0.25) is 0 Å². The van der Waals surface area contributed by atoms with E-state index in [-0.39, 0.29) is 5.41 Å². The fourth-order valence-corrected chi connectivity index (χ4v) is 8.79. The third-order valence-electron chi connectivity index (χ3n) is 10.3. The predicted molar refractivity (Wildman–Crippen MR) is 210 cm³/mol. The molecular weight excluding hydrogens is 629 g/mol. The van der Waals surface area contributed by atoms with Gasteiger partial charge in [-0.25, -0.2) is 4.98 Å². The van der Waals surface area contributed by atoms with Gasteiger partial charge in [0, 0.05) is 50.4 Å². The Hall–Kier alpha value is -5.97. The molecule has 9 aromatic rings. The zero-order valence-electron chi connectivity index (χ0n) is 27.7. The molecule has 0 bridgehead atoms. The first kappa shape index (κ1) is 29.0. The Morgan fingerprint density at radius 3 is 2.04 bits per heavy atom. The molecule has 0 amide bonds. The molecule has 0 N–H and O–H groups in total. The van der Waals surface area contributed by atoms with Crippen molar-refractivity contribution in [1.82, 2.24) is 4.98 Å². The highest BCUT2D eigenvalue weighted by molar-refractivity contribution is 7.21. The van der Waals surface area contributed by atoms with Crippen molar-refractivity contribution in [3.8, 4) is 32.8 Å². The number of nitrogens with zero attached hydrogens (tertiary/aromatic N) is 2.